The molecule has 0 aliphatic rings. The molecule has 0 saturated carbocycles. The van der Waals surface area contributed by atoms with Crippen LogP contribution in [0.25, 0.3) is 10.2 Å². The Morgan fingerprint density at radius 2 is 1.93 bits per heavy atom. The number of aryl methyl sites for hydroxylation is 2. The van der Waals surface area contributed by atoms with Crippen LogP contribution in [0.5, 0.6) is 0 Å². The van der Waals surface area contributed by atoms with E-state index in [1.54, 1.807) is 6.92 Å². The zero-order valence-corrected chi connectivity index (χ0v) is 17.4. The van der Waals surface area contributed by atoms with Crippen molar-refractivity contribution in [3.8, 4) is 0 Å². The van der Waals surface area contributed by atoms with Crippen molar-refractivity contribution in [2.75, 3.05) is 5.32 Å². The molecule has 1 atom stereocenters. The van der Waals surface area contributed by atoms with E-state index in [1.165, 1.54) is 35.2 Å². The van der Waals surface area contributed by atoms with Crippen molar-refractivity contribution >= 4 is 44.9 Å². The van der Waals surface area contributed by atoms with Crippen LogP contribution >= 0.6 is 23.1 Å². The number of fused-ring (bicyclic) bond motifs is 1. The number of carbonyl (C=O) groups is 1. The molecule has 2 heterocycles. The topological polar surface area (TPSA) is 74.8 Å². The zero-order valence-electron chi connectivity index (χ0n) is 15.8. The monoisotopic (exact) mass is 441 g/mol. The lowest BCUT2D eigenvalue weighted by atomic mass is 10.2. The van der Waals surface area contributed by atoms with E-state index < -0.39 is 17.0 Å². The van der Waals surface area contributed by atoms with Gasteiger partial charge >= 0.3 is 6.18 Å². The molecule has 5 nitrogen and oxygen atoms in total. The average molecular weight is 442 g/mol. The second kappa shape index (κ2) is 8.19. The summed E-state index contributed by atoms with van der Waals surface area (Å²) in [6, 6.07) is 4.27. The number of halogens is 3. The lowest BCUT2D eigenvalue weighted by Crippen LogP contribution is -2.23. The van der Waals surface area contributed by atoms with Gasteiger partial charge in [0.25, 0.3) is 5.56 Å². The second-order valence-electron chi connectivity index (χ2n) is 6.49. The standard InChI is InChI=1S/C19H18F3N3O2S2/c1-9-10(2)29-18-15(9)17(27)24-14(25-18)8-28-11(3)16(26)23-13-6-4-12(5-7-13)19(20,21)22/h4-7,11H,8H2,1-3H3,(H,23,26)(H,24,25,27)/t11-/m0/s1. The number of benzene rings is 1. The van der Waals surface area contributed by atoms with Crippen molar-refractivity contribution in [1.29, 1.82) is 0 Å². The van der Waals surface area contributed by atoms with Gasteiger partial charge in [-0.3, -0.25) is 9.59 Å². The maximum Gasteiger partial charge on any atom is 0.416 e. The minimum absolute atomic E-state index is 0.200. The van der Waals surface area contributed by atoms with E-state index in [2.05, 4.69) is 15.3 Å². The molecule has 10 heteroatoms. The number of rotatable bonds is 5. The summed E-state index contributed by atoms with van der Waals surface area (Å²) in [5.41, 5.74) is 0.229. The fourth-order valence-corrected chi connectivity index (χ4v) is 4.44. The molecule has 2 aromatic heterocycles. The molecule has 154 valence electrons. The molecule has 1 aromatic carbocycles. The Kier molecular flexibility index (Phi) is 6.04. The first-order valence-corrected chi connectivity index (χ1v) is 10.5. The quantitative estimate of drug-likeness (QED) is 0.592. The first-order chi connectivity index (χ1) is 13.6. The summed E-state index contributed by atoms with van der Waals surface area (Å²) in [4.78, 5) is 33.5. The van der Waals surface area contributed by atoms with E-state index in [9.17, 15) is 22.8 Å². The van der Waals surface area contributed by atoms with Crippen LogP contribution in [-0.4, -0.2) is 21.1 Å². The molecule has 0 radical (unpaired) electrons. The summed E-state index contributed by atoms with van der Waals surface area (Å²) in [6.45, 7) is 5.50. The van der Waals surface area contributed by atoms with Crippen molar-refractivity contribution in [3.63, 3.8) is 0 Å². The molecule has 3 aromatic rings. The third-order valence-electron chi connectivity index (χ3n) is 4.41. The summed E-state index contributed by atoms with van der Waals surface area (Å²) >= 11 is 2.72. The molecule has 0 aliphatic heterocycles. The number of thioether (sulfide) groups is 1. The van der Waals surface area contributed by atoms with E-state index in [4.69, 9.17) is 0 Å². The minimum Gasteiger partial charge on any atom is -0.325 e. The third-order valence-corrected chi connectivity index (χ3v) is 6.66. The van der Waals surface area contributed by atoms with Crippen LogP contribution in [0.3, 0.4) is 0 Å². The number of aromatic nitrogens is 2. The Bertz CT molecular complexity index is 1100. The molecule has 3 rings (SSSR count). The van der Waals surface area contributed by atoms with Gasteiger partial charge in [-0.05, 0) is 50.6 Å². The summed E-state index contributed by atoms with van der Waals surface area (Å²) in [5, 5.41) is 2.69. The fourth-order valence-electron chi connectivity index (χ4n) is 2.63. The average Bonchev–Trinajstić information content (AvgIpc) is 2.93. The molecular formula is C19H18F3N3O2S2. The predicted octanol–water partition coefficient (Wildman–Crippen LogP) is 4.88. The number of amides is 1. The molecule has 1 amide bonds. The van der Waals surface area contributed by atoms with Crippen molar-refractivity contribution in [3.05, 3.63) is 56.4 Å². The number of hydrogen-bond donors (Lipinski definition) is 2. The molecule has 0 fully saturated rings. The maximum absolute atomic E-state index is 12.6. The number of thiophene rings is 1. The highest BCUT2D eigenvalue weighted by atomic mass is 32.2. The number of alkyl halides is 3. The van der Waals surface area contributed by atoms with Crippen LogP contribution in [0.2, 0.25) is 0 Å². The second-order valence-corrected chi connectivity index (χ2v) is 9.03. The van der Waals surface area contributed by atoms with Gasteiger partial charge in [0, 0.05) is 10.6 Å². The van der Waals surface area contributed by atoms with Gasteiger partial charge in [-0.1, -0.05) is 0 Å². The molecular weight excluding hydrogens is 423 g/mol. The number of anilines is 1. The van der Waals surface area contributed by atoms with Gasteiger partial charge in [-0.15, -0.1) is 23.1 Å². The number of carbonyl (C=O) groups excluding carboxylic acids is 1. The highest BCUT2D eigenvalue weighted by Gasteiger charge is 2.30. The van der Waals surface area contributed by atoms with E-state index in [0.29, 0.717) is 21.8 Å². The first-order valence-electron chi connectivity index (χ1n) is 8.65. The Morgan fingerprint density at radius 3 is 2.55 bits per heavy atom. The van der Waals surface area contributed by atoms with Gasteiger partial charge in [-0.25, -0.2) is 4.98 Å². The van der Waals surface area contributed by atoms with Crippen molar-refractivity contribution in [2.45, 2.75) is 38.0 Å². The highest BCUT2D eigenvalue weighted by molar-refractivity contribution is 7.99. The van der Waals surface area contributed by atoms with Crippen molar-refractivity contribution < 1.29 is 18.0 Å². The Morgan fingerprint density at radius 1 is 1.28 bits per heavy atom. The highest BCUT2D eigenvalue weighted by Crippen LogP contribution is 2.30. The lowest BCUT2D eigenvalue weighted by Gasteiger charge is -2.13. The summed E-state index contributed by atoms with van der Waals surface area (Å²) in [7, 11) is 0. The van der Waals surface area contributed by atoms with Crippen LogP contribution in [0.1, 0.15) is 28.8 Å². The van der Waals surface area contributed by atoms with E-state index in [0.717, 1.165) is 22.6 Å². The predicted molar refractivity (Wildman–Crippen MR) is 111 cm³/mol. The van der Waals surface area contributed by atoms with E-state index >= 15 is 0 Å². The zero-order chi connectivity index (χ0) is 21.3. The van der Waals surface area contributed by atoms with Gasteiger partial charge < -0.3 is 10.3 Å². The fraction of sp³-hybridized carbons (Fsp3) is 0.316. The van der Waals surface area contributed by atoms with Crippen LogP contribution in [-0.2, 0) is 16.7 Å². The summed E-state index contributed by atoms with van der Waals surface area (Å²) in [5.74, 6) is 0.451. The summed E-state index contributed by atoms with van der Waals surface area (Å²) in [6.07, 6.45) is -4.42. The van der Waals surface area contributed by atoms with Gasteiger partial charge in [0.05, 0.1) is 22.0 Å². The van der Waals surface area contributed by atoms with Crippen LogP contribution in [0.4, 0.5) is 18.9 Å². The number of nitrogens with zero attached hydrogens (tertiary/aromatic N) is 1. The van der Waals surface area contributed by atoms with Gasteiger partial charge in [0.2, 0.25) is 5.91 Å². The molecule has 0 bridgehead atoms. The smallest absolute Gasteiger partial charge is 0.325 e. The first kappa shape index (κ1) is 21.4. The molecule has 0 unspecified atom stereocenters. The number of nitrogens with one attached hydrogen (secondary N) is 2. The maximum atomic E-state index is 12.6. The largest absolute Gasteiger partial charge is 0.416 e. The van der Waals surface area contributed by atoms with E-state index in [1.807, 2.05) is 13.8 Å². The number of H-pyrrole nitrogens is 1. The Hall–Kier alpha value is -2.33. The van der Waals surface area contributed by atoms with Crippen molar-refractivity contribution in [2.24, 2.45) is 0 Å². The normalized spacial score (nSPS) is 12.9. The Labute approximate surface area is 172 Å². The molecule has 2 N–H and O–H groups in total. The van der Waals surface area contributed by atoms with Gasteiger partial charge in [0.15, 0.2) is 0 Å². The lowest BCUT2D eigenvalue weighted by molar-refractivity contribution is -0.137. The number of aromatic amines is 1. The minimum atomic E-state index is -4.42. The Balaban J connectivity index is 1.63. The number of hydrogen-bond acceptors (Lipinski definition) is 5. The third kappa shape index (κ3) is 4.81. The van der Waals surface area contributed by atoms with Crippen molar-refractivity contribution in [1.82, 2.24) is 9.97 Å². The summed E-state index contributed by atoms with van der Waals surface area (Å²) < 4.78 is 37.8. The van der Waals surface area contributed by atoms with Crippen LogP contribution in [0.15, 0.2) is 29.1 Å². The molecule has 0 spiro atoms. The van der Waals surface area contributed by atoms with Crippen LogP contribution in [0, 0.1) is 13.8 Å². The molecule has 0 saturated heterocycles. The molecule has 29 heavy (non-hydrogen) atoms. The van der Waals surface area contributed by atoms with Gasteiger partial charge in [0.1, 0.15) is 10.7 Å². The SMILES string of the molecule is Cc1sc2nc(CS[C@@H](C)C(=O)Nc3ccc(C(F)(F)F)cc3)[nH]c(=O)c2c1C. The molecule has 0 aliphatic carbocycles. The van der Waals surface area contributed by atoms with Gasteiger partial charge in [-0.2, -0.15) is 13.2 Å². The van der Waals surface area contributed by atoms with E-state index in [-0.39, 0.29) is 17.2 Å². The van der Waals surface area contributed by atoms with Crippen LogP contribution < -0.4 is 10.9 Å².